The van der Waals surface area contributed by atoms with Gasteiger partial charge in [0.25, 0.3) is 5.91 Å². The van der Waals surface area contributed by atoms with Crippen molar-refractivity contribution in [3.8, 4) is 5.75 Å². The fraction of sp³-hybridized carbons (Fsp3) is 0.200. The molecule has 5 nitrogen and oxygen atoms in total. The number of nitrogens with one attached hydrogen (secondary N) is 1. The zero-order valence-electron chi connectivity index (χ0n) is 14.5. The summed E-state index contributed by atoms with van der Waals surface area (Å²) in [7, 11) is 0. The van der Waals surface area contributed by atoms with Gasteiger partial charge in [0.1, 0.15) is 18.1 Å². The molecule has 0 aliphatic carbocycles. The molecule has 0 spiro atoms. The lowest BCUT2D eigenvalue weighted by molar-refractivity contribution is 0.101. The number of rotatable bonds is 5. The number of amides is 1. The van der Waals surface area contributed by atoms with E-state index in [4.69, 9.17) is 9.26 Å². The molecular formula is C20H20N2O3. The van der Waals surface area contributed by atoms with Gasteiger partial charge in [0, 0.05) is 5.69 Å². The number of aromatic nitrogens is 1. The largest absolute Gasteiger partial charge is 0.489 e. The fourth-order valence-corrected chi connectivity index (χ4v) is 2.43. The van der Waals surface area contributed by atoms with Gasteiger partial charge < -0.3 is 14.6 Å². The summed E-state index contributed by atoms with van der Waals surface area (Å²) < 4.78 is 11.0. The molecule has 0 unspecified atom stereocenters. The van der Waals surface area contributed by atoms with E-state index in [1.165, 1.54) is 0 Å². The highest BCUT2D eigenvalue weighted by Gasteiger charge is 2.20. The van der Waals surface area contributed by atoms with E-state index in [9.17, 15) is 4.79 Å². The second-order valence-electron chi connectivity index (χ2n) is 5.99. The predicted octanol–water partition coefficient (Wildman–Crippen LogP) is 4.43. The smallest absolute Gasteiger partial charge is 0.278 e. The van der Waals surface area contributed by atoms with E-state index in [0.29, 0.717) is 17.0 Å². The van der Waals surface area contributed by atoms with E-state index in [1.807, 2.05) is 62.4 Å². The number of nitrogens with zero attached hydrogens (tertiary/aromatic N) is 1. The molecule has 128 valence electrons. The summed E-state index contributed by atoms with van der Waals surface area (Å²) in [5.74, 6) is 0.996. The maximum absolute atomic E-state index is 12.5. The highest BCUT2D eigenvalue weighted by Crippen LogP contribution is 2.20. The number of carbonyl (C=O) groups excluding carboxylic acids is 1. The Morgan fingerprint density at radius 3 is 2.56 bits per heavy atom. The van der Waals surface area contributed by atoms with Crippen molar-refractivity contribution in [2.45, 2.75) is 27.4 Å². The monoisotopic (exact) mass is 336 g/mol. The maximum atomic E-state index is 12.5. The van der Waals surface area contributed by atoms with Gasteiger partial charge in [0.05, 0.1) is 5.56 Å². The second kappa shape index (κ2) is 7.21. The van der Waals surface area contributed by atoms with Crippen LogP contribution in [0.1, 0.15) is 32.9 Å². The van der Waals surface area contributed by atoms with Gasteiger partial charge in [0.2, 0.25) is 0 Å². The molecule has 5 heteroatoms. The van der Waals surface area contributed by atoms with Gasteiger partial charge in [-0.3, -0.25) is 4.79 Å². The molecule has 3 rings (SSSR count). The zero-order valence-corrected chi connectivity index (χ0v) is 14.5. The lowest BCUT2D eigenvalue weighted by atomic mass is 10.2. The Hall–Kier alpha value is -3.08. The first-order valence-corrected chi connectivity index (χ1v) is 8.05. The molecule has 25 heavy (non-hydrogen) atoms. The van der Waals surface area contributed by atoms with E-state index in [2.05, 4.69) is 10.5 Å². The van der Waals surface area contributed by atoms with Crippen molar-refractivity contribution in [1.82, 2.24) is 5.16 Å². The number of carbonyl (C=O) groups is 1. The summed E-state index contributed by atoms with van der Waals surface area (Å²) >= 11 is 0. The molecule has 0 saturated heterocycles. The highest BCUT2D eigenvalue weighted by atomic mass is 16.5. The van der Waals surface area contributed by atoms with Crippen LogP contribution >= 0.6 is 0 Å². The molecule has 0 saturated carbocycles. The second-order valence-corrected chi connectivity index (χ2v) is 5.99. The number of benzene rings is 2. The SMILES string of the molecule is Cc1ccc(NC(=O)c2noc(C)c2COc2cccc(C)c2)cc1. The van der Waals surface area contributed by atoms with Gasteiger partial charge in [-0.25, -0.2) is 0 Å². The molecule has 0 radical (unpaired) electrons. The quantitative estimate of drug-likeness (QED) is 0.748. The Labute approximate surface area is 146 Å². The Kier molecular flexibility index (Phi) is 4.84. The average Bonchev–Trinajstić information content (AvgIpc) is 2.96. The third kappa shape index (κ3) is 4.07. The van der Waals surface area contributed by atoms with Crippen LogP contribution in [0.15, 0.2) is 53.1 Å². The van der Waals surface area contributed by atoms with Crippen LogP contribution in [0, 0.1) is 20.8 Å². The minimum atomic E-state index is -0.316. The average molecular weight is 336 g/mol. The molecule has 1 N–H and O–H groups in total. The number of hydrogen-bond donors (Lipinski definition) is 1. The van der Waals surface area contributed by atoms with Crippen LogP contribution in [0.2, 0.25) is 0 Å². The van der Waals surface area contributed by atoms with Gasteiger partial charge in [-0.05, 0) is 50.6 Å². The third-order valence-corrected chi connectivity index (χ3v) is 3.88. The minimum Gasteiger partial charge on any atom is -0.489 e. The van der Waals surface area contributed by atoms with Gasteiger partial charge in [-0.1, -0.05) is 35.0 Å². The summed E-state index contributed by atoms with van der Waals surface area (Å²) in [6.07, 6.45) is 0. The van der Waals surface area contributed by atoms with Crippen LogP contribution in [0.3, 0.4) is 0 Å². The predicted molar refractivity (Wildman–Crippen MR) is 95.9 cm³/mol. The Morgan fingerprint density at radius 1 is 1.08 bits per heavy atom. The summed E-state index contributed by atoms with van der Waals surface area (Å²) in [6, 6.07) is 15.3. The van der Waals surface area contributed by atoms with E-state index >= 15 is 0 Å². The molecular weight excluding hydrogens is 316 g/mol. The van der Waals surface area contributed by atoms with E-state index in [0.717, 1.165) is 16.9 Å². The van der Waals surface area contributed by atoms with Crippen LogP contribution in [0.4, 0.5) is 5.69 Å². The fourth-order valence-electron chi connectivity index (χ4n) is 2.43. The normalized spacial score (nSPS) is 10.5. The van der Waals surface area contributed by atoms with Gasteiger partial charge in [0.15, 0.2) is 5.69 Å². The Bertz CT molecular complexity index is 882. The van der Waals surface area contributed by atoms with Crippen LogP contribution in [0.5, 0.6) is 5.75 Å². The molecule has 2 aromatic carbocycles. The van der Waals surface area contributed by atoms with Crippen molar-refractivity contribution in [3.63, 3.8) is 0 Å². The first kappa shape index (κ1) is 16.8. The van der Waals surface area contributed by atoms with Crippen molar-refractivity contribution in [2.75, 3.05) is 5.32 Å². The lowest BCUT2D eigenvalue weighted by Gasteiger charge is -2.08. The van der Waals surface area contributed by atoms with E-state index in [-0.39, 0.29) is 18.2 Å². The van der Waals surface area contributed by atoms with Crippen LogP contribution in [0.25, 0.3) is 0 Å². The Morgan fingerprint density at radius 2 is 1.84 bits per heavy atom. The van der Waals surface area contributed by atoms with Crippen molar-refractivity contribution in [2.24, 2.45) is 0 Å². The lowest BCUT2D eigenvalue weighted by Crippen LogP contribution is -2.15. The van der Waals surface area contributed by atoms with Crippen molar-refractivity contribution in [3.05, 3.63) is 76.7 Å². The summed E-state index contributed by atoms with van der Waals surface area (Å²) in [5, 5.41) is 6.72. The molecule has 0 atom stereocenters. The summed E-state index contributed by atoms with van der Waals surface area (Å²) in [4.78, 5) is 12.5. The first-order valence-electron chi connectivity index (χ1n) is 8.05. The number of anilines is 1. The number of ether oxygens (including phenoxy) is 1. The van der Waals surface area contributed by atoms with Crippen LogP contribution in [-0.2, 0) is 6.61 Å². The van der Waals surface area contributed by atoms with Gasteiger partial charge >= 0.3 is 0 Å². The van der Waals surface area contributed by atoms with Crippen molar-refractivity contribution < 1.29 is 14.1 Å². The minimum absolute atomic E-state index is 0.218. The number of hydrogen-bond acceptors (Lipinski definition) is 4. The van der Waals surface area contributed by atoms with E-state index < -0.39 is 0 Å². The molecule has 0 fully saturated rings. The van der Waals surface area contributed by atoms with Crippen LogP contribution < -0.4 is 10.1 Å². The molecule has 0 aliphatic rings. The van der Waals surface area contributed by atoms with Crippen molar-refractivity contribution >= 4 is 11.6 Å². The van der Waals surface area contributed by atoms with Crippen LogP contribution in [-0.4, -0.2) is 11.1 Å². The third-order valence-electron chi connectivity index (χ3n) is 3.88. The maximum Gasteiger partial charge on any atom is 0.278 e. The zero-order chi connectivity index (χ0) is 17.8. The van der Waals surface area contributed by atoms with E-state index in [1.54, 1.807) is 6.92 Å². The van der Waals surface area contributed by atoms with Gasteiger partial charge in [-0.2, -0.15) is 0 Å². The molecule has 1 heterocycles. The molecule has 0 aliphatic heterocycles. The highest BCUT2D eigenvalue weighted by molar-refractivity contribution is 6.03. The summed E-state index contributed by atoms with van der Waals surface area (Å²) in [5.41, 5.74) is 3.83. The van der Waals surface area contributed by atoms with Gasteiger partial charge in [-0.15, -0.1) is 0 Å². The molecule has 0 bridgehead atoms. The molecule has 1 amide bonds. The Balaban J connectivity index is 1.74. The molecule has 1 aromatic heterocycles. The standard InChI is InChI=1S/C20H20N2O3/c1-13-7-9-16(10-8-13)21-20(23)19-18(15(3)25-22-19)12-24-17-6-4-5-14(2)11-17/h4-11H,12H2,1-3H3,(H,21,23). The first-order chi connectivity index (χ1) is 12.0. The topological polar surface area (TPSA) is 64.4 Å². The summed E-state index contributed by atoms with van der Waals surface area (Å²) in [6.45, 7) is 5.98. The van der Waals surface area contributed by atoms with Crippen molar-refractivity contribution in [1.29, 1.82) is 0 Å². The number of aryl methyl sites for hydroxylation is 3. The molecule has 3 aromatic rings.